The Morgan fingerprint density at radius 3 is 1.49 bits per heavy atom. The Bertz CT molecular complexity index is 1740. The molecule has 43 heavy (non-hydrogen) atoms. The summed E-state index contributed by atoms with van der Waals surface area (Å²) in [5.41, 5.74) is 5.84. The van der Waals surface area contributed by atoms with Gasteiger partial charge in [-0.2, -0.15) is 0 Å². The lowest BCUT2D eigenvalue weighted by Gasteiger charge is -2.12. The van der Waals surface area contributed by atoms with E-state index in [9.17, 15) is 0 Å². The van der Waals surface area contributed by atoms with Crippen LogP contribution in [0.2, 0.25) is 0 Å². The molecule has 4 aromatic carbocycles. The number of H-pyrrole nitrogens is 1. The molecule has 5 aromatic rings. The predicted octanol–water partition coefficient (Wildman–Crippen LogP) is 6.78. The van der Waals surface area contributed by atoms with E-state index in [0.717, 1.165) is 44.9 Å². The number of ether oxygens (including phenoxy) is 6. The average molecular weight is 581 g/mol. The molecule has 0 fully saturated rings. The van der Waals surface area contributed by atoms with Crippen LogP contribution in [0.3, 0.4) is 0 Å². The maximum atomic E-state index is 5.44. The highest BCUT2D eigenvalue weighted by Gasteiger charge is 2.14. The fourth-order valence-electron chi connectivity index (χ4n) is 4.57. The van der Waals surface area contributed by atoms with Gasteiger partial charge in [-0.3, -0.25) is 9.98 Å². The Balaban J connectivity index is 1.33. The van der Waals surface area contributed by atoms with E-state index < -0.39 is 0 Å². The zero-order valence-electron chi connectivity index (χ0n) is 24.8. The van der Waals surface area contributed by atoms with E-state index in [-0.39, 0.29) is 0 Å². The van der Waals surface area contributed by atoms with Crippen molar-refractivity contribution >= 4 is 34.8 Å². The van der Waals surface area contributed by atoms with Gasteiger partial charge < -0.3 is 33.4 Å². The fraction of sp³-hybridized carbons (Fsp3) is 0.182. The lowest BCUT2D eigenvalue weighted by Crippen LogP contribution is -1.96. The standard InChI is InChI=1S/C33H32N4O6/c1-38-27-13-20(14-28(39-2)31(27)42-5)18-34-23-9-7-22(8-10-23)33-36-25-12-11-24(17-26(25)37-33)35-19-21-15-29(40-3)32(43-6)30(16-21)41-4/h7-19H,1-6H3,(H,36,37). The molecule has 0 saturated carbocycles. The Hall–Kier alpha value is -5.51. The van der Waals surface area contributed by atoms with Crippen LogP contribution >= 0.6 is 0 Å². The molecule has 220 valence electrons. The van der Waals surface area contributed by atoms with Crippen molar-refractivity contribution in [2.45, 2.75) is 0 Å². The number of nitrogens with one attached hydrogen (secondary N) is 1. The van der Waals surface area contributed by atoms with Crippen molar-refractivity contribution in [1.82, 2.24) is 9.97 Å². The van der Waals surface area contributed by atoms with Crippen molar-refractivity contribution in [2.24, 2.45) is 9.98 Å². The van der Waals surface area contributed by atoms with Gasteiger partial charge in [0.25, 0.3) is 0 Å². The van der Waals surface area contributed by atoms with Crippen LogP contribution in [0.25, 0.3) is 22.4 Å². The molecule has 0 aliphatic rings. The normalized spacial score (nSPS) is 11.3. The molecule has 0 atom stereocenters. The summed E-state index contributed by atoms with van der Waals surface area (Å²) in [6.07, 6.45) is 3.50. The number of aromatic nitrogens is 2. The SMILES string of the molecule is COc1cc(C=Nc2ccc(-c3nc4ccc(N=Cc5cc(OC)c(OC)c(OC)c5)cc4[nH]3)cc2)cc(OC)c1OC. The number of hydrogen-bond donors (Lipinski definition) is 1. The van der Waals surface area contributed by atoms with Gasteiger partial charge in [-0.05, 0) is 66.7 Å². The first-order valence-electron chi connectivity index (χ1n) is 13.3. The second kappa shape index (κ2) is 13.0. The number of rotatable bonds is 11. The molecule has 10 nitrogen and oxygen atoms in total. The Morgan fingerprint density at radius 2 is 1.02 bits per heavy atom. The molecule has 0 amide bonds. The molecular formula is C33H32N4O6. The van der Waals surface area contributed by atoms with E-state index in [4.69, 9.17) is 33.4 Å². The maximum Gasteiger partial charge on any atom is 0.203 e. The second-order valence-corrected chi connectivity index (χ2v) is 9.27. The van der Waals surface area contributed by atoms with Crippen LogP contribution in [0.5, 0.6) is 34.5 Å². The van der Waals surface area contributed by atoms with Gasteiger partial charge in [-0.25, -0.2) is 4.98 Å². The molecule has 1 aromatic heterocycles. The molecule has 5 rings (SSSR count). The average Bonchev–Trinajstić information content (AvgIpc) is 3.49. The number of hydrogen-bond acceptors (Lipinski definition) is 9. The topological polar surface area (TPSA) is 109 Å². The van der Waals surface area contributed by atoms with E-state index in [1.165, 1.54) is 0 Å². The summed E-state index contributed by atoms with van der Waals surface area (Å²) in [5, 5.41) is 0. The molecule has 0 radical (unpaired) electrons. The summed E-state index contributed by atoms with van der Waals surface area (Å²) in [7, 11) is 9.48. The van der Waals surface area contributed by atoms with Crippen LogP contribution in [0.15, 0.2) is 76.7 Å². The first-order chi connectivity index (χ1) is 21.0. The molecule has 0 aliphatic carbocycles. The van der Waals surface area contributed by atoms with Crippen LogP contribution in [-0.2, 0) is 0 Å². The minimum Gasteiger partial charge on any atom is -0.493 e. The Kier molecular flexibility index (Phi) is 8.76. The van der Waals surface area contributed by atoms with Crippen LogP contribution in [0, 0.1) is 0 Å². The summed E-state index contributed by atoms with van der Waals surface area (Å²) in [5.74, 6) is 4.09. The number of imidazole rings is 1. The summed E-state index contributed by atoms with van der Waals surface area (Å²) in [6, 6.07) is 21.0. The molecule has 0 unspecified atom stereocenters. The second-order valence-electron chi connectivity index (χ2n) is 9.27. The lowest BCUT2D eigenvalue weighted by molar-refractivity contribution is 0.324. The molecule has 1 N–H and O–H groups in total. The Morgan fingerprint density at radius 1 is 0.558 bits per heavy atom. The van der Waals surface area contributed by atoms with Crippen molar-refractivity contribution in [3.05, 3.63) is 77.9 Å². The summed E-state index contributed by atoms with van der Waals surface area (Å²) in [6.45, 7) is 0. The summed E-state index contributed by atoms with van der Waals surface area (Å²) in [4.78, 5) is 17.4. The predicted molar refractivity (Wildman–Crippen MR) is 168 cm³/mol. The quantitative estimate of drug-likeness (QED) is 0.172. The zero-order chi connectivity index (χ0) is 30.3. The third-order valence-electron chi connectivity index (χ3n) is 6.71. The van der Waals surface area contributed by atoms with E-state index >= 15 is 0 Å². The van der Waals surface area contributed by atoms with Gasteiger partial charge in [0, 0.05) is 29.1 Å². The van der Waals surface area contributed by atoms with Gasteiger partial charge >= 0.3 is 0 Å². The van der Waals surface area contributed by atoms with Gasteiger partial charge in [0.05, 0.1) is 65.1 Å². The molecule has 0 spiro atoms. The highest BCUT2D eigenvalue weighted by molar-refractivity contribution is 5.87. The van der Waals surface area contributed by atoms with Crippen molar-refractivity contribution in [2.75, 3.05) is 42.7 Å². The van der Waals surface area contributed by atoms with E-state index in [1.54, 1.807) is 55.1 Å². The number of aliphatic imine (C=N–C) groups is 2. The van der Waals surface area contributed by atoms with Gasteiger partial charge in [-0.15, -0.1) is 0 Å². The maximum absolute atomic E-state index is 5.44. The van der Waals surface area contributed by atoms with Crippen molar-refractivity contribution < 1.29 is 28.4 Å². The first kappa shape index (κ1) is 29.0. The van der Waals surface area contributed by atoms with E-state index in [1.807, 2.05) is 66.7 Å². The molecule has 1 heterocycles. The van der Waals surface area contributed by atoms with Crippen molar-refractivity contribution in [1.29, 1.82) is 0 Å². The molecule has 0 bridgehead atoms. The van der Waals surface area contributed by atoms with Gasteiger partial charge in [0.1, 0.15) is 5.82 Å². The molecule has 10 heteroatoms. The smallest absolute Gasteiger partial charge is 0.203 e. The first-order valence-corrected chi connectivity index (χ1v) is 13.3. The van der Waals surface area contributed by atoms with E-state index in [0.29, 0.717) is 34.5 Å². The largest absolute Gasteiger partial charge is 0.493 e. The third kappa shape index (κ3) is 6.23. The Labute approximate surface area is 249 Å². The van der Waals surface area contributed by atoms with Crippen molar-refractivity contribution in [3.8, 4) is 45.9 Å². The molecule has 0 saturated heterocycles. The van der Waals surface area contributed by atoms with E-state index in [2.05, 4.69) is 15.0 Å². The third-order valence-corrected chi connectivity index (χ3v) is 6.71. The monoisotopic (exact) mass is 580 g/mol. The van der Waals surface area contributed by atoms with Gasteiger partial charge in [-0.1, -0.05) is 0 Å². The molecular weight excluding hydrogens is 548 g/mol. The van der Waals surface area contributed by atoms with Gasteiger partial charge in [0.15, 0.2) is 23.0 Å². The number of nitrogens with zero attached hydrogens (tertiary/aromatic N) is 3. The number of fused-ring (bicyclic) bond motifs is 1. The molecule has 0 aliphatic heterocycles. The van der Waals surface area contributed by atoms with Gasteiger partial charge in [0.2, 0.25) is 11.5 Å². The fourth-order valence-corrected chi connectivity index (χ4v) is 4.57. The number of aromatic amines is 1. The summed E-state index contributed by atoms with van der Waals surface area (Å²) < 4.78 is 32.5. The van der Waals surface area contributed by atoms with Crippen LogP contribution < -0.4 is 28.4 Å². The highest BCUT2D eigenvalue weighted by Crippen LogP contribution is 2.39. The minimum atomic E-state index is 0.534. The number of benzene rings is 4. The highest BCUT2D eigenvalue weighted by atomic mass is 16.5. The van der Waals surface area contributed by atoms with Crippen molar-refractivity contribution in [3.63, 3.8) is 0 Å². The zero-order valence-corrected chi connectivity index (χ0v) is 24.8. The minimum absolute atomic E-state index is 0.534. The van der Waals surface area contributed by atoms with Crippen LogP contribution in [0.4, 0.5) is 11.4 Å². The lowest BCUT2D eigenvalue weighted by atomic mass is 10.2. The van der Waals surface area contributed by atoms with Crippen LogP contribution in [-0.4, -0.2) is 65.1 Å². The summed E-state index contributed by atoms with van der Waals surface area (Å²) >= 11 is 0. The number of methoxy groups -OCH3 is 6. The van der Waals surface area contributed by atoms with Crippen LogP contribution in [0.1, 0.15) is 11.1 Å².